The quantitative estimate of drug-likeness (QED) is 0.837. The monoisotopic (exact) mass is 353 g/mol. The van der Waals surface area contributed by atoms with Gasteiger partial charge in [0.15, 0.2) is 0 Å². The maximum absolute atomic E-state index is 13.9. The number of fused-ring (bicyclic) bond motifs is 1. The van der Waals surface area contributed by atoms with Crippen LogP contribution in [-0.2, 0) is 4.79 Å². The van der Waals surface area contributed by atoms with E-state index in [4.69, 9.17) is 0 Å². The first kappa shape index (κ1) is 17.0. The van der Waals surface area contributed by atoms with Crippen LogP contribution in [-0.4, -0.2) is 43.5 Å². The van der Waals surface area contributed by atoms with Gasteiger partial charge >= 0.3 is 0 Å². The number of carbonyl (C=O) groups excluding carboxylic acids is 1. The zero-order valence-corrected chi connectivity index (χ0v) is 14.9. The highest BCUT2D eigenvalue weighted by Gasteiger charge is 2.28. The third-order valence-electron chi connectivity index (χ3n) is 5.28. The molecule has 2 aliphatic rings. The number of rotatable bonds is 4. The van der Waals surface area contributed by atoms with Crippen molar-refractivity contribution in [2.24, 2.45) is 0 Å². The van der Waals surface area contributed by atoms with Crippen LogP contribution in [0, 0.1) is 5.82 Å². The topological polar surface area (TPSA) is 26.8 Å². The van der Waals surface area contributed by atoms with E-state index in [0.717, 1.165) is 36.7 Å². The predicted molar refractivity (Wildman–Crippen MR) is 102 cm³/mol. The Labute approximate surface area is 153 Å². The Morgan fingerprint density at radius 3 is 2.46 bits per heavy atom. The standard InChI is InChI=1S/C21H24FN3O/c22-17-8-9-19-20(16-17)24(18-6-2-1-3-7-18)14-15-25(19)21(26)10-13-23-11-4-5-12-23/h1-3,6-9,16H,4-5,10-15H2. The molecule has 0 spiro atoms. The van der Waals surface area contributed by atoms with Gasteiger partial charge in [-0.3, -0.25) is 4.79 Å². The summed E-state index contributed by atoms with van der Waals surface area (Å²) in [6.45, 7) is 4.28. The molecule has 0 N–H and O–H groups in total. The summed E-state index contributed by atoms with van der Waals surface area (Å²) < 4.78 is 13.9. The number of amides is 1. The predicted octanol–water partition coefficient (Wildman–Crippen LogP) is 3.80. The highest BCUT2D eigenvalue weighted by atomic mass is 19.1. The van der Waals surface area contributed by atoms with E-state index in [1.165, 1.54) is 25.0 Å². The van der Waals surface area contributed by atoms with Crippen molar-refractivity contribution < 1.29 is 9.18 Å². The molecular weight excluding hydrogens is 329 g/mol. The van der Waals surface area contributed by atoms with Gasteiger partial charge < -0.3 is 14.7 Å². The van der Waals surface area contributed by atoms with Gasteiger partial charge in [0.1, 0.15) is 5.82 Å². The molecule has 2 aromatic carbocycles. The number of benzene rings is 2. The Hall–Kier alpha value is -2.40. The average Bonchev–Trinajstić information content (AvgIpc) is 3.19. The molecule has 2 heterocycles. The normalized spacial score (nSPS) is 17.4. The number of para-hydroxylation sites is 1. The van der Waals surface area contributed by atoms with E-state index in [9.17, 15) is 9.18 Å². The summed E-state index contributed by atoms with van der Waals surface area (Å²) in [5.74, 6) is -0.159. The molecule has 0 radical (unpaired) electrons. The Morgan fingerprint density at radius 2 is 1.69 bits per heavy atom. The average molecular weight is 353 g/mol. The van der Waals surface area contributed by atoms with Crippen LogP contribution in [0.25, 0.3) is 0 Å². The fraction of sp³-hybridized carbons (Fsp3) is 0.381. The number of likely N-dealkylation sites (tertiary alicyclic amines) is 1. The van der Waals surface area contributed by atoms with Gasteiger partial charge in [-0.2, -0.15) is 0 Å². The van der Waals surface area contributed by atoms with Crippen LogP contribution in [0.5, 0.6) is 0 Å². The molecule has 4 rings (SSSR count). The molecule has 1 amide bonds. The van der Waals surface area contributed by atoms with Crippen LogP contribution in [0.2, 0.25) is 0 Å². The van der Waals surface area contributed by atoms with Crippen molar-refractivity contribution in [3.05, 3.63) is 54.3 Å². The van der Waals surface area contributed by atoms with Crippen LogP contribution < -0.4 is 9.80 Å². The smallest absolute Gasteiger partial charge is 0.228 e. The number of nitrogens with zero attached hydrogens (tertiary/aromatic N) is 3. The third kappa shape index (κ3) is 3.44. The maximum atomic E-state index is 13.9. The molecule has 4 nitrogen and oxygen atoms in total. The third-order valence-corrected chi connectivity index (χ3v) is 5.28. The molecule has 0 unspecified atom stereocenters. The molecule has 0 bridgehead atoms. The molecule has 2 aromatic rings. The lowest BCUT2D eigenvalue weighted by molar-refractivity contribution is -0.118. The molecule has 26 heavy (non-hydrogen) atoms. The molecule has 0 saturated carbocycles. The lowest BCUT2D eigenvalue weighted by atomic mass is 10.1. The number of carbonyl (C=O) groups is 1. The van der Waals surface area contributed by atoms with Crippen LogP contribution >= 0.6 is 0 Å². The minimum absolute atomic E-state index is 0.123. The first-order valence-corrected chi connectivity index (χ1v) is 9.37. The summed E-state index contributed by atoms with van der Waals surface area (Å²) in [4.78, 5) is 19.1. The number of hydrogen-bond acceptors (Lipinski definition) is 3. The van der Waals surface area contributed by atoms with Gasteiger partial charge in [0, 0.05) is 31.7 Å². The van der Waals surface area contributed by atoms with Gasteiger partial charge in [0.2, 0.25) is 5.91 Å². The lowest BCUT2D eigenvalue weighted by Crippen LogP contribution is -2.43. The zero-order valence-electron chi connectivity index (χ0n) is 14.9. The number of halogens is 1. The lowest BCUT2D eigenvalue weighted by Gasteiger charge is -2.38. The second-order valence-electron chi connectivity index (χ2n) is 6.96. The Morgan fingerprint density at radius 1 is 0.923 bits per heavy atom. The van der Waals surface area contributed by atoms with E-state index >= 15 is 0 Å². The fourth-order valence-corrected chi connectivity index (χ4v) is 3.91. The van der Waals surface area contributed by atoms with Gasteiger partial charge in [-0.05, 0) is 56.3 Å². The van der Waals surface area contributed by atoms with Crippen molar-refractivity contribution in [3.63, 3.8) is 0 Å². The zero-order chi connectivity index (χ0) is 17.9. The number of anilines is 3. The van der Waals surface area contributed by atoms with E-state index in [0.29, 0.717) is 19.5 Å². The van der Waals surface area contributed by atoms with Gasteiger partial charge in [-0.15, -0.1) is 0 Å². The minimum atomic E-state index is -0.281. The summed E-state index contributed by atoms with van der Waals surface area (Å²) in [5, 5.41) is 0. The van der Waals surface area contributed by atoms with Crippen molar-refractivity contribution in [1.82, 2.24) is 4.90 Å². The molecule has 1 saturated heterocycles. The molecule has 136 valence electrons. The van der Waals surface area contributed by atoms with E-state index in [1.807, 2.05) is 35.2 Å². The maximum Gasteiger partial charge on any atom is 0.228 e. The Balaban J connectivity index is 1.56. The highest BCUT2D eigenvalue weighted by molar-refractivity contribution is 5.99. The Bertz CT molecular complexity index is 774. The van der Waals surface area contributed by atoms with E-state index < -0.39 is 0 Å². The second-order valence-corrected chi connectivity index (χ2v) is 6.96. The summed E-state index contributed by atoms with van der Waals surface area (Å²) >= 11 is 0. The van der Waals surface area contributed by atoms with E-state index in [-0.39, 0.29) is 11.7 Å². The summed E-state index contributed by atoms with van der Waals surface area (Å²) in [6, 6.07) is 14.6. The fourth-order valence-electron chi connectivity index (χ4n) is 3.91. The van der Waals surface area contributed by atoms with E-state index in [1.54, 1.807) is 6.07 Å². The second kappa shape index (κ2) is 7.46. The van der Waals surface area contributed by atoms with Crippen LogP contribution in [0.1, 0.15) is 19.3 Å². The largest absolute Gasteiger partial charge is 0.338 e. The molecule has 5 heteroatoms. The molecule has 2 aliphatic heterocycles. The molecular formula is C21H24FN3O. The first-order valence-electron chi connectivity index (χ1n) is 9.37. The first-order chi connectivity index (χ1) is 12.7. The van der Waals surface area contributed by atoms with Gasteiger partial charge in [-0.25, -0.2) is 4.39 Å². The van der Waals surface area contributed by atoms with Crippen LogP contribution in [0.15, 0.2) is 48.5 Å². The molecule has 0 aromatic heterocycles. The summed E-state index contributed by atoms with van der Waals surface area (Å²) in [5.41, 5.74) is 2.58. The number of hydrogen-bond donors (Lipinski definition) is 0. The van der Waals surface area contributed by atoms with Gasteiger partial charge in [0.05, 0.1) is 11.4 Å². The van der Waals surface area contributed by atoms with Crippen LogP contribution in [0.4, 0.5) is 21.5 Å². The summed E-state index contributed by atoms with van der Waals surface area (Å²) in [6.07, 6.45) is 2.97. The van der Waals surface area contributed by atoms with E-state index in [2.05, 4.69) is 9.80 Å². The Kier molecular flexibility index (Phi) is 4.89. The molecule has 1 fully saturated rings. The van der Waals surface area contributed by atoms with Crippen molar-refractivity contribution in [2.75, 3.05) is 42.5 Å². The summed E-state index contributed by atoms with van der Waals surface area (Å²) in [7, 11) is 0. The molecule has 0 atom stereocenters. The van der Waals surface area contributed by atoms with Crippen LogP contribution in [0.3, 0.4) is 0 Å². The van der Waals surface area contributed by atoms with Gasteiger partial charge in [0.25, 0.3) is 0 Å². The van der Waals surface area contributed by atoms with Crippen molar-refractivity contribution in [1.29, 1.82) is 0 Å². The SMILES string of the molecule is O=C(CCN1CCCC1)N1CCN(c2ccccc2)c2cc(F)ccc21. The van der Waals surface area contributed by atoms with Gasteiger partial charge in [-0.1, -0.05) is 18.2 Å². The van der Waals surface area contributed by atoms with Crippen molar-refractivity contribution >= 4 is 23.0 Å². The molecule has 0 aliphatic carbocycles. The van der Waals surface area contributed by atoms with Crippen molar-refractivity contribution in [3.8, 4) is 0 Å². The van der Waals surface area contributed by atoms with Crippen molar-refractivity contribution in [2.45, 2.75) is 19.3 Å². The minimum Gasteiger partial charge on any atom is -0.338 e. The highest BCUT2D eigenvalue weighted by Crippen LogP contribution is 2.38.